The van der Waals surface area contributed by atoms with Crippen LogP contribution < -0.4 is 0 Å². The first-order valence-electron chi connectivity index (χ1n) is 7.24. The molecule has 2 atom stereocenters. The third-order valence-corrected chi connectivity index (χ3v) is 4.22. The van der Waals surface area contributed by atoms with Gasteiger partial charge in [0, 0.05) is 0 Å². The summed E-state index contributed by atoms with van der Waals surface area (Å²) in [5.74, 6) is 0.684. The summed E-state index contributed by atoms with van der Waals surface area (Å²) in [5.41, 5.74) is 3.29. The van der Waals surface area contributed by atoms with Crippen molar-refractivity contribution >= 4 is 0 Å². The average molecular weight is 246 g/mol. The van der Waals surface area contributed by atoms with Crippen molar-refractivity contribution in [3.63, 3.8) is 0 Å². The smallest absolute Gasteiger partial charge is 0.0552 e. The van der Waals surface area contributed by atoms with E-state index in [-0.39, 0.29) is 6.10 Å². The van der Waals surface area contributed by atoms with Crippen molar-refractivity contribution < 1.29 is 5.11 Å². The van der Waals surface area contributed by atoms with E-state index in [1.807, 2.05) is 6.92 Å². The fourth-order valence-corrected chi connectivity index (χ4v) is 3.40. The number of aliphatic hydroxyl groups is 1. The predicted molar refractivity (Wildman–Crippen MR) is 76.8 cm³/mol. The molecule has 1 aromatic rings. The van der Waals surface area contributed by atoms with Crippen molar-refractivity contribution in [2.24, 2.45) is 5.41 Å². The van der Waals surface area contributed by atoms with Gasteiger partial charge in [-0.15, -0.1) is 0 Å². The van der Waals surface area contributed by atoms with Crippen LogP contribution in [0, 0.1) is 5.41 Å². The summed E-state index contributed by atoms with van der Waals surface area (Å²) in [4.78, 5) is 0. The van der Waals surface area contributed by atoms with E-state index in [2.05, 4.69) is 38.1 Å². The highest BCUT2D eigenvalue weighted by molar-refractivity contribution is 5.31. The molecular weight excluding hydrogens is 220 g/mol. The third kappa shape index (κ3) is 3.35. The summed E-state index contributed by atoms with van der Waals surface area (Å²) >= 11 is 0. The normalized spacial score (nSPS) is 24.8. The van der Waals surface area contributed by atoms with E-state index in [1.165, 1.54) is 36.8 Å². The Kier molecular flexibility index (Phi) is 4.11. The van der Waals surface area contributed by atoms with Crippen molar-refractivity contribution in [1.82, 2.24) is 0 Å². The molecule has 1 heteroatoms. The lowest BCUT2D eigenvalue weighted by Crippen LogP contribution is -2.22. The van der Waals surface area contributed by atoms with Crippen LogP contribution in [0.25, 0.3) is 0 Å². The van der Waals surface area contributed by atoms with E-state index in [4.69, 9.17) is 0 Å². The van der Waals surface area contributed by atoms with Crippen LogP contribution in [-0.2, 0) is 6.42 Å². The highest BCUT2D eigenvalue weighted by Gasteiger charge is 2.29. The van der Waals surface area contributed by atoms with Crippen LogP contribution in [0.4, 0.5) is 0 Å². The minimum absolute atomic E-state index is 0.247. The lowest BCUT2D eigenvalue weighted by molar-refractivity contribution is 0.193. The van der Waals surface area contributed by atoms with Crippen LogP contribution in [0.1, 0.15) is 63.5 Å². The first-order valence-corrected chi connectivity index (χ1v) is 7.24. The Morgan fingerprint density at radius 1 is 1.33 bits per heavy atom. The van der Waals surface area contributed by atoms with Gasteiger partial charge in [-0.05, 0) is 55.1 Å². The highest BCUT2D eigenvalue weighted by atomic mass is 16.3. The SMILES string of the molecule is CC(O)Cc1ccccc1C1CCCC(C)(C)C1. The van der Waals surface area contributed by atoms with Crippen molar-refractivity contribution in [1.29, 1.82) is 0 Å². The molecular formula is C17H26O. The van der Waals surface area contributed by atoms with E-state index in [1.54, 1.807) is 0 Å². The van der Waals surface area contributed by atoms with Crippen molar-refractivity contribution in [3.8, 4) is 0 Å². The molecule has 1 N–H and O–H groups in total. The molecule has 2 unspecified atom stereocenters. The maximum absolute atomic E-state index is 9.63. The molecule has 18 heavy (non-hydrogen) atoms. The zero-order chi connectivity index (χ0) is 13.2. The van der Waals surface area contributed by atoms with Gasteiger partial charge in [-0.3, -0.25) is 0 Å². The third-order valence-electron chi connectivity index (χ3n) is 4.22. The number of benzene rings is 1. The molecule has 1 nitrogen and oxygen atoms in total. The first-order chi connectivity index (χ1) is 8.48. The Morgan fingerprint density at radius 2 is 2.06 bits per heavy atom. The molecule has 0 aliphatic heterocycles. The van der Waals surface area contributed by atoms with Crippen LogP contribution in [0.15, 0.2) is 24.3 Å². The molecule has 0 aromatic heterocycles. The van der Waals surface area contributed by atoms with Crippen molar-refractivity contribution in [2.45, 2.75) is 64.9 Å². The van der Waals surface area contributed by atoms with E-state index in [0.29, 0.717) is 11.3 Å². The van der Waals surface area contributed by atoms with Gasteiger partial charge in [0.25, 0.3) is 0 Å². The van der Waals surface area contributed by atoms with Crippen LogP contribution in [-0.4, -0.2) is 11.2 Å². The summed E-state index contributed by atoms with van der Waals surface area (Å²) in [5, 5.41) is 9.63. The fraction of sp³-hybridized carbons (Fsp3) is 0.647. The lowest BCUT2D eigenvalue weighted by atomic mass is 9.69. The van der Waals surface area contributed by atoms with Gasteiger partial charge < -0.3 is 5.11 Å². The molecule has 0 heterocycles. The van der Waals surface area contributed by atoms with E-state index < -0.39 is 0 Å². The predicted octanol–water partition coefficient (Wildman–Crippen LogP) is 4.29. The number of aliphatic hydroxyl groups excluding tert-OH is 1. The van der Waals surface area contributed by atoms with Crippen LogP contribution in [0.5, 0.6) is 0 Å². The first kappa shape index (κ1) is 13.6. The van der Waals surface area contributed by atoms with Gasteiger partial charge in [0.05, 0.1) is 6.10 Å². The monoisotopic (exact) mass is 246 g/mol. The molecule has 1 aliphatic rings. The van der Waals surface area contributed by atoms with Crippen LogP contribution in [0.3, 0.4) is 0 Å². The number of rotatable bonds is 3. The second kappa shape index (κ2) is 5.44. The van der Waals surface area contributed by atoms with Gasteiger partial charge in [0.2, 0.25) is 0 Å². The molecule has 0 saturated heterocycles. The standard InChI is InChI=1S/C17H26O/c1-13(18)11-14-7-4-5-9-16(14)15-8-6-10-17(2,3)12-15/h4-5,7,9,13,15,18H,6,8,10-12H2,1-3H3. The van der Waals surface area contributed by atoms with Crippen molar-refractivity contribution in [2.75, 3.05) is 0 Å². The Labute approximate surface area is 111 Å². The van der Waals surface area contributed by atoms with Crippen LogP contribution in [0.2, 0.25) is 0 Å². The quantitative estimate of drug-likeness (QED) is 0.843. The molecule has 0 radical (unpaired) electrons. The maximum atomic E-state index is 9.63. The zero-order valence-corrected chi connectivity index (χ0v) is 11.9. The average Bonchev–Trinajstić information content (AvgIpc) is 2.27. The number of hydrogen-bond acceptors (Lipinski definition) is 1. The van der Waals surface area contributed by atoms with Gasteiger partial charge in [-0.25, -0.2) is 0 Å². The Morgan fingerprint density at radius 3 is 2.72 bits per heavy atom. The van der Waals surface area contributed by atoms with Gasteiger partial charge in [-0.2, -0.15) is 0 Å². The fourth-order valence-electron chi connectivity index (χ4n) is 3.40. The Hall–Kier alpha value is -0.820. The molecule has 2 rings (SSSR count). The maximum Gasteiger partial charge on any atom is 0.0552 e. The second-order valence-electron chi connectivity index (χ2n) is 6.71. The lowest BCUT2D eigenvalue weighted by Gasteiger charge is -2.36. The molecule has 0 amide bonds. The van der Waals surface area contributed by atoms with E-state index >= 15 is 0 Å². The summed E-state index contributed by atoms with van der Waals surface area (Å²) < 4.78 is 0. The van der Waals surface area contributed by atoms with E-state index in [9.17, 15) is 5.11 Å². The molecule has 1 aromatic carbocycles. The minimum atomic E-state index is -0.247. The molecule has 1 fully saturated rings. The van der Waals surface area contributed by atoms with Crippen molar-refractivity contribution in [3.05, 3.63) is 35.4 Å². The van der Waals surface area contributed by atoms with E-state index in [0.717, 1.165) is 6.42 Å². The molecule has 1 saturated carbocycles. The van der Waals surface area contributed by atoms with Gasteiger partial charge in [-0.1, -0.05) is 44.5 Å². The molecule has 0 bridgehead atoms. The molecule has 1 aliphatic carbocycles. The van der Waals surface area contributed by atoms with Gasteiger partial charge in [0.1, 0.15) is 0 Å². The minimum Gasteiger partial charge on any atom is -0.393 e. The summed E-state index contributed by atoms with van der Waals surface area (Å²) in [7, 11) is 0. The highest BCUT2D eigenvalue weighted by Crippen LogP contribution is 2.44. The number of hydrogen-bond donors (Lipinski definition) is 1. The summed E-state index contributed by atoms with van der Waals surface area (Å²) in [6.07, 6.45) is 5.81. The largest absolute Gasteiger partial charge is 0.393 e. The molecule has 100 valence electrons. The van der Waals surface area contributed by atoms with Crippen LogP contribution >= 0.6 is 0 Å². The zero-order valence-electron chi connectivity index (χ0n) is 11.9. The molecule has 0 spiro atoms. The Bertz CT molecular complexity index is 392. The van der Waals surface area contributed by atoms with Gasteiger partial charge in [0.15, 0.2) is 0 Å². The summed E-state index contributed by atoms with van der Waals surface area (Å²) in [6.45, 7) is 6.65. The second-order valence-corrected chi connectivity index (χ2v) is 6.71. The Balaban J connectivity index is 2.21. The van der Waals surface area contributed by atoms with Gasteiger partial charge >= 0.3 is 0 Å². The topological polar surface area (TPSA) is 20.2 Å². The summed E-state index contributed by atoms with van der Waals surface area (Å²) in [6, 6.07) is 8.69.